The van der Waals surface area contributed by atoms with Crippen LogP contribution in [0.15, 0.2) is 24.3 Å². The zero-order chi connectivity index (χ0) is 13.2. The van der Waals surface area contributed by atoms with Crippen molar-refractivity contribution in [2.75, 3.05) is 32.9 Å². The highest BCUT2D eigenvalue weighted by atomic mass is 16.5. The minimum Gasteiger partial charge on any atom is -0.494 e. The molecule has 5 nitrogen and oxygen atoms in total. The summed E-state index contributed by atoms with van der Waals surface area (Å²) < 4.78 is 10.5. The van der Waals surface area contributed by atoms with Crippen molar-refractivity contribution < 1.29 is 14.3 Å². The van der Waals surface area contributed by atoms with E-state index >= 15 is 0 Å². The molecule has 0 radical (unpaired) electrons. The second-order valence-corrected chi connectivity index (χ2v) is 3.62. The lowest BCUT2D eigenvalue weighted by molar-refractivity contribution is 0.0919. The number of ether oxygens (including phenoxy) is 2. The van der Waals surface area contributed by atoms with Gasteiger partial charge in [0.05, 0.1) is 19.8 Å². The van der Waals surface area contributed by atoms with Gasteiger partial charge in [-0.3, -0.25) is 4.79 Å². The third-order valence-electron chi connectivity index (χ3n) is 2.20. The molecule has 0 bridgehead atoms. The van der Waals surface area contributed by atoms with Crippen LogP contribution in [-0.2, 0) is 4.74 Å². The molecule has 0 saturated heterocycles. The fraction of sp³-hybridized carbons (Fsp3) is 0.462. The van der Waals surface area contributed by atoms with Crippen molar-refractivity contribution >= 4 is 5.91 Å². The highest BCUT2D eigenvalue weighted by Crippen LogP contribution is 2.12. The summed E-state index contributed by atoms with van der Waals surface area (Å²) in [7, 11) is 0. The Morgan fingerprint density at radius 1 is 1.39 bits per heavy atom. The van der Waals surface area contributed by atoms with Gasteiger partial charge in [0.2, 0.25) is 0 Å². The van der Waals surface area contributed by atoms with Gasteiger partial charge in [-0.2, -0.15) is 0 Å². The van der Waals surface area contributed by atoms with Crippen LogP contribution in [0.5, 0.6) is 5.75 Å². The van der Waals surface area contributed by atoms with Gasteiger partial charge >= 0.3 is 0 Å². The van der Waals surface area contributed by atoms with E-state index < -0.39 is 0 Å². The number of benzene rings is 1. The number of hydrogen-bond donors (Lipinski definition) is 2. The van der Waals surface area contributed by atoms with E-state index in [4.69, 9.17) is 15.2 Å². The molecule has 0 heterocycles. The summed E-state index contributed by atoms with van der Waals surface area (Å²) in [5.74, 6) is 0.567. The van der Waals surface area contributed by atoms with Gasteiger partial charge in [-0.1, -0.05) is 6.07 Å². The van der Waals surface area contributed by atoms with Gasteiger partial charge in [0.25, 0.3) is 5.91 Å². The van der Waals surface area contributed by atoms with E-state index in [2.05, 4.69) is 5.32 Å². The molecule has 0 unspecified atom stereocenters. The van der Waals surface area contributed by atoms with Crippen LogP contribution >= 0.6 is 0 Å². The predicted molar refractivity (Wildman–Crippen MR) is 69.8 cm³/mol. The summed E-state index contributed by atoms with van der Waals surface area (Å²) >= 11 is 0. The van der Waals surface area contributed by atoms with Crippen molar-refractivity contribution in [3.8, 4) is 5.75 Å². The van der Waals surface area contributed by atoms with Crippen LogP contribution in [-0.4, -0.2) is 38.8 Å². The molecule has 0 fully saturated rings. The Morgan fingerprint density at radius 3 is 2.94 bits per heavy atom. The lowest BCUT2D eigenvalue weighted by Gasteiger charge is -2.07. The molecule has 0 aromatic heterocycles. The zero-order valence-electron chi connectivity index (χ0n) is 10.6. The lowest BCUT2D eigenvalue weighted by atomic mass is 10.2. The lowest BCUT2D eigenvalue weighted by Crippen LogP contribution is -2.27. The average Bonchev–Trinajstić information content (AvgIpc) is 2.39. The first-order chi connectivity index (χ1) is 8.77. The molecule has 1 rings (SSSR count). The number of carbonyl (C=O) groups excluding carboxylic acids is 1. The van der Waals surface area contributed by atoms with Gasteiger partial charge in [-0.15, -0.1) is 0 Å². The molecule has 0 saturated carbocycles. The summed E-state index contributed by atoms with van der Waals surface area (Å²) in [6.07, 6.45) is 0. The molecular formula is C13H20N2O3. The first kappa shape index (κ1) is 14.5. The fourth-order valence-corrected chi connectivity index (χ4v) is 1.42. The van der Waals surface area contributed by atoms with Crippen molar-refractivity contribution in [3.05, 3.63) is 29.8 Å². The van der Waals surface area contributed by atoms with E-state index in [1.165, 1.54) is 0 Å². The normalized spacial score (nSPS) is 10.1. The molecule has 0 spiro atoms. The Bertz CT molecular complexity index is 369. The Hall–Kier alpha value is -1.59. The second kappa shape index (κ2) is 8.49. The maximum absolute atomic E-state index is 11.8. The molecule has 0 aliphatic heterocycles. The van der Waals surface area contributed by atoms with E-state index in [9.17, 15) is 4.79 Å². The molecule has 0 aliphatic carbocycles. The van der Waals surface area contributed by atoms with Crippen molar-refractivity contribution in [1.82, 2.24) is 5.32 Å². The molecule has 0 atom stereocenters. The first-order valence-corrected chi connectivity index (χ1v) is 6.06. The van der Waals surface area contributed by atoms with E-state index in [-0.39, 0.29) is 5.91 Å². The minimum absolute atomic E-state index is 0.132. The van der Waals surface area contributed by atoms with Crippen LogP contribution in [0.1, 0.15) is 17.3 Å². The molecule has 100 valence electrons. The number of carbonyl (C=O) groups is 1. The predicted octanol–water partition coefficient (Wildman–Crippen LogP) is 0.790. The van der Waals surface area contributed by atoms with Crippen LogP contribution in [0.4, 0.5) is 0 Å². The molecule has 1 aromatic rings. The van der Waals surface area contributed by atoms with Crippen molar-refractivity contribution in [2.45, 2.75) is 6.92 Å². The molecule has 5 heteroatoms. The quantitative estimate of drug-likeness (QED) is 0.671. The summed E-state index contributed by atoms with van der Waals surface area (Å²) in [6, 6.07) is 7.09. The van der Waals surface area contributed by atoms with Crippen molar-refractivity contribution in [1.29, 1.82) is 0 Å². The number of amides is 1. The third kappa shape index (κ3) is 5.16. The summed E-state index contributed by atoms with van der Waals surface area (Å²) in [4.78, 5) is 11.8. The standard InChI is InChI=1S/C13H20N2O3/c1-2-18-12-5-3-4-11(10-12)13(16)15-7-9-17-8-6-14/h3-5,10H,2,6-9,14H2,1H3,(H,15,16). The van der Waals surface area contributed by atoms with Crippen LogP contribution in [0.3, 0.4) is 0 Å². The van der Waals surface area contributed by atoms with Crippen LogP contribution in [0.25, 0.3) is 0 Å². The second-order valence-electron chi connectivity index (χ2n) is 3.62. The highest BCUT2D eigenvalue weighted by Gasteiger charge is 2.05. The Morgan fingerprint density at radius 2 is 2.22 bits per heavy atom. The molecule has 1 amide bonds. The molecular weight excluding hydrogens is 232 g/mol. The van der Waals surface area contributed by atoms with Gasteiger partial charge in [0.1, 0.15) is 5.75 Å². The number of hydrogen-bond acceptors (Lipinski definition) is 4. The summed E-state index contributed by atoms with van der Waals surface area (Å²) in [5, 5.41) is 2.77. The smallest absolute Gasteiger partial charge is 0.251 e. The summed E-state index contributed by atoms with van der Waals surface area (Å²) in [6.45, 7) is 4.42. The maximum Gasteiger partial charge on any atom is 0.251 e. The average molecular weight is 252 g/mol. The highest BCUT2D eigenvalue weighted by molar-refractivity contribution is 5.94. The SMILES string of the molecule is CCOc1cccc(C(=O)NCCOCCN)c1. The molecule has 18 heavy (non-hydrogen) atoms. The van der Waals surface area contributed by atoms with E-state index in [1.807, 2.05) is 13.0 Å². The maximum atomic E-state index is 11.8. The Kier molecular flexibility index (Phi) is 6.83. The first-order valence-electron chi connectivity index (χ1n) is 6.06. The van der Waals surface area contributed by atoms with Gasteiger partial charge in [0.15, 0.2) is 0 Å². The zero-order valence-corrected chi connectivity index (χ0v) is 10.6. The van der Waals surface area contributed by atoms with E-state index in [0.29, 0.717) is 44.2 Å². The summed E-state index contributed by atoms with van der Waals surface area (Å²) in [5.41, 5.74) is 5.86. The van der Waals surface area contributed by atoms with Crippen molar-refractivity contribution in [2.24, 2.45) is 5.73 Å². The van der Waals surface area contributed by atoms with Crippen molar-refractivity contribution in [3.63, 3.8) is 0 Å². The largest absolute Gasteiger partial charge is 0.494 e. The topological polar surface area (TPSA) is 73.6 Å². The number of nitrogens with one attached hydrogen (secondary N) is 1. The Balaban J connectivity index is 2.38. The third-order valence-corrected chi connectivity index (χ3v) is 2.20. The van der Waals surface area contributed by atoms with E-state index in [0.717, 1.165) is 0 Å². The van der Waals surface area contributed by atoms with Gasteiger partial charge in [-0.05, 0) is 25.1 Å². The monoisotopic (exact) mass is 252 g/mol. The Labute approximate surface area is 107 Å². The molecule has 3 N–H and O–H groups in total. The number of nitrogens with two attached hydrogens (primary N) is 1. The van der Waals surface area contributed by atoms with E-state index in [1.54, 1.807) is 18.2 Å². The van der Waals surface area contributed by atoms with Gasteiger partial charge < -0.3 is 20.5 Å². The fourth-order valence-electron chi connectivity index (χ4n) is 1.42. The minimum atomic E-state index is -0.132. The number of rotatable bonds is 8. The molecule has 0 aliphatic rings. The van der Waals surface area contributed by atoms with Crippen LogP contribution in [0.2, 0.25) is 0 Å². The van der Waals surface area contributed by atoms with Gasteiger partial charge in [-0.25, -0.2) is 0 Å². The van der Waals surface area contributed by atoms with Crippen LogP contribution in [0, 0.1) is 0 Å². The van der Waals surface area contributed by atoms with Crippen LogP contribution < -0.4 is 15.8 Å². The van der Waals surface area contributed by atoms with Gasteiger partial charge in [0, 0.05) is 18.7 Å². The molecule has 1 aromatic carbocycles.